The molecule has 0 radical (unpaired) electrons. The van der Waals surface area contributed by atoms with Crippen LogP contribution in [0.3, 0.4) is 0 Å². The highest BCUT2D eigenvalue weighted by Crippen LogP contribution is 2.21. The summed E-state index contributed by atoms with van der Waals surface area (Å²) in [4.78, 5) is 14.3. The van der Waals surface area contributed by atoms with Crippen molar-refractivity contribution in [1.82, 2.24) is 15.1 Å². The number of rotatable bonds is 6. The van der Waals surface area contributed by atoms with E-state index in [9.17, 15) is 4.79 Å². The van der Waals surface area contributed by atoms with Crippen molar-refractivity contribution in [2.45, 2.75) is 52.1 Å². The van der Waals surface area contributed by atoms with Crippen molar-refractivity contribution in [1.29, 1.82) is 0 Å². The van der Waals surface area contributed by atoms with Crippen molar-refractivity contribution in [2.24, 2.45) is 7.05 Å². The summed E-state index contributed by atoms with van der Waals surface area (Å²) >= 11 is 0. The van der Waals surface area contributed by atoms with Crippen LogP contribution in [0.2, 0.25) is 0 Å². The van der Waals surface area contributed by atoms with Crippen molar-refractivity contribution >= 4 is 11.6 Å². The number of amides is 1. The molecule has 0 aliphatic carbocycles. The molecule has 1 aliphatic heterocycles. The van der Waals surface area contributed by atoms with Crippen molar-refractivity contribution in [3.63, 3.8) is 0 Å². The standard InChI is InChI=1S/C16H26N4O/c1-12(2)6-5-7-13(3)18-15-8-9-20(16(15)21)14-10-17-19(4)11-14/h6,10-11,13,15,18H,5,7-9H2,1-4H3/t13-,15-/m0/s1. The molecule has 2 rings (SSSR count). The first-order chi connectivity index (χ1) is 9.97. The number of anilines is 1. The molecule has 0 bridgehead atoms. The number of hydrogen-bond acceptors (Lipinski definition) is 3. The zero-order valence-corrected chi connectivity index (χ0v) is 13.5. The van der Waals surface area contributed by atoms with Gasteiger partial charge in [0, 0.05) is 25.8 Å². The van der Waals surface area contributed by atoms with Crippen LogP contribution in [0.25, 0.3) is 0 Å². The maximum absolute atomic E-state index is 12.4. The zero-order valence-electron chi connectivity index (χ0n) is 13.5. The number of allylic oxidation sites excluding steroid dienone is 2. The SMILES string of the molecule is CC(C)=CCC[C@H](C)N[C@H]1CCN(c2cnn(C)c2)C1=O. The minimum absolute atomic E-state index is 0.0630. The Hall–Kier alpha value is -1.62. The molecule has 21 heavy (non-hydrogen) atoms. The van der Waals surface area contributed by atoms with Crippen molar-refractivity contribution < 1.29 is 4.79 Å². The molecular weight excluding hydrogens is 264 g/mol. The van der Waals surface area contributed by atoms with E-state index in [1.165, 1.54) is 5.57 Å². The first kappa shape index (κ1) is 15.8. The van der Waals surface area contributed by atoms with Crippen molar-refractivity contribution in [2.75, 3.05) is 11.4 Å². The maximum atomic E-state index is 12.4. The molecule has 1 aliphatic rings. The fourth-order valence-corrected chi connectivity index (χ4v) is 2.69. The van der Waals surface area contributed by atoms with Gasteiger partial charge in [-0.1, -0.05) is 11.6 Å². The second kappa shape index (κ2) is 6.89. The lowest BCUT2D eigenvalue weighted by Gasteiger charge is -2.19. The van der Waals surface area contributed by atoms with Crippen LogP contribution in [0.1, 0.15) is 40.0 Å². The number of carbonyl (C=O) groups is 1. The number of nitrogens with one attached hydrogen (secondary N) is 1. The highest BCUT2D eigenvalue weighted by molar-refractivity contribution is 5.99. The molecule has 2 atom stereocenters. The molecule has 1 aromatic rings. The molecule has 0 aromatic carbocycles. The summed E-state index contributed by atoms with van der Waals surface area (Å²) in [6.07, 6.45) is 8.86. The van der Waals surface area contributed by atoms with Gasteiger partial charge in [-0.25, -0.2) is 0 Å². The van der Waals surface area contributed by atoms with Crippen LogP contribution in [0.4, 0.5) is 5.69 Å². The van der Waals surface area contributed by atoms with Gasteiger partial charge in [0.1, 0.15) is 0 Å². The first-order valence-electron chi connectivity index (χ1n) is 7.67. The molecule has 0 unspecified atom stereocenters. The molecule has 1 fully saturated rings. The topological polar surface area (TPSA) is 50.2 Å². The highest BCUT2D eigenvalue weighted by atomic mass is 16.2. The predicted molar refractivity (Wildman–Crippen MR) is 85.2 cm³/mol. The Balaban J connectivity index is 1.85. The minimum Gasteiger partial charge on any atom is -0.308 e. The Morgan fingerprint density at radius 1 is 1.57 bits per heavy atom. The molecule has 2 heterocycles. The second-order valence-corrected chi connectivity index (χ2v) is 6.13. The Morgan fingerprint density at radius 2 is 2.33 bits per heavy atom. The minimum atomic E-state index is -0.0630. The summed E-state index contributed by atoms with van der Waals surface area (Å²) in [5.74, 6) is 0.164. The quantitative estimate of drug-likeness (QED) is 0.818. The second-order valence-electron chi connectivity index (χ2n) is 6.13. The molecule has 0 saturated carbocycles. The van der Waals surface area contributed by atoms with E-state index >= 15 is 0 Å². The van der Waals surface area contributed by atoms with Crippen molar-refractivity contribution in [3.8, 4) is 0 Å². The maximum Gasteiger partial charge on any atom is 0.244 e. The predicted octanol–water partition coefficient (Wildman–Crippen LogP) is 2.25. The molecule has 1 saturated heterocycles. The first-order valence-corrected chi connectivity index (χ1v) is 7.67. The van der Waals surface area contributed by atoms with Gasteiger partial charge in [0.2, 0.25) is 5.91 Å². The van der Waals surface area contributed by atoms with E-state index in [0.717, 1.165) is 31.5 Å². The third kappa shape index (κ3) is 4.17. The van der Waals surface area contributed by atoms with Gasteiger partial charge in [-0.05, 0) is 40.0 Å². The van der Waals surface area contributed by atoms with Gasteiger partial charge < -0.3 is 10.2 Å². The van der Waals surface area contributed by atoms with Crippen LogP contribution in [0, 0.1) is 0 Å². The fraction of sp³-hybridized carbons (Fsp3) is 0.625. The van der Waals surface area contributed by atoms with E-state index in [4.69, 9.17) is 0 Å². The van der Waals surface area contributed by atoms with Crippen LogP contribution < -0.4 is 10.2 Å². The van der Waals surface area contributed by atoms with Crippen LogP contribution in [-0.2, 0) is 11.8 Å². The highest BCUT2D eigenvalue weighted by Gasteiger charge is 2.33. The van der Waals surface area contributed by atoms with Crippen LogP contribution in [0.15, 0.2) is 24.0 Å². The Kier molecular flexibility index (Phi) is 5.17. The summed E-state index contributed by atoms with van der Waals surface area (Å²) in [6.45, 7) is 7.15. The fourth-order valence-electron chi connectivity index (χ4n) is 2.69. The van der Waals surface area contributed by atoms with Gasteiger partial charge in [-0.2, -0.15) is 5.10 Å². The van der Waals surface area contributed by atoms with E-state index in [2.05, 4.69) is 37.3 Å². The molecule has 1 amide bonds. The smallest absolute Gasteiger partial charge is 0.244 e. The summed E-state index contributed by atoms with van der Waals surface area (Å²) in [6, 6.07) is 0.287. The number of aryl methyl sites for hydroxylation is 1. The number of nitrogens with zero attached hydrogens (tertiary/aromatic N) is 3. The summed E-state index contributed by atoms with van der Waals surface area (Å²) in [5, 5.41) is 7.60. The molecule has 1 aromatic heterocycles. The van der Waals surface area contributed by atoms with E-state index in [1.54, 1.807) is 10.9 Å². The molecular formula is C16H26N4O. The summed E-state index contributed by atoms with van der Waals surface area (Å²) < 4.78 is 1.73. The monoisotopic (exact) mass is 290 g/mol. The Labute approximate surface area is 127 Å². The van der Waals surface area contributed by atoms with Crippen molar-refractivity contribution in [3.05, 3.63) is 24.0 Å². The normalized spacial score (nSPS) is 19.9. The third-order valence-corrected chi connectivity index (χ3v) is 3.85. The van der Waals surface area contributed by atoms with Gasteiger partial charge in [0.25, 0.3) is 0 Å². The molecule has 116 valence electrons. The van der Waals surface area contributed by atoms with Gasteiger partial charge in [0.15, 0.2) is 0 Å². The Morgan fingerprint density at radius 3 is 2.95 bits per heavy atom. The number of hydrogen-bond donors (Lipinski definition) is 1. The van der Waals surface area contributed by atoms with Gasteiger partial charge >= 0.3 is 0 Å². The number of carbonyl (C=O) groups excluding carboxylic acids is 1. The molecule has 0 spiro atoms. The lowest BCUT2D eigenvalue weighted by molar-refractivity contribution is -0.119. The number of aromatic nitrogens is 2. The average Bonchev–Trinajstić information content (AvgIpc) is 2.97. The van der Waals surface area contributed by atoms with Gasteiger partial charge in [-0.3, -0.25) is 9.48 Å². The largest absolute Gasteiger partial charge is 0.308 e. The zero-order chi connectivity index (χ0) is 15.4. The molecule has 1 N–H and O–H groups in total. The summed E-state index contributed by atoms with van der Waals surface area (Å²) in [5.41, 5.74) is 2.24. The van der Waals surface area contributed by atoms with Gasteiger partial charge in [-0.15, -0.1) is 0 Å². The van der Waals surface area contributed by atoms with Crippen LogP contribution in [0.5, 0.6) is 0 Å². The third-order valence-electron chi connectivity index (χ3n) is 3.85. The molecule has 5 nitrogen and oxygen atoms in total. The molecule has 5 heteroatoms. The van der Waals surface area contributed by atoms with Gasteiger partial charge in [0.05, 0.1) is 17.9 Å². The lowest BCUT2D eigenvalue weighted by Crippen LogP contribution is -2.42. The summed E-state index contributed by atoms with van der Waals surface area (Å²) in [7, 11) is 1.87. The average molecular weight is 290 g/mol. The van der Waals surface area contributed by atoms with E-state index in [-0.39, 0.29) is 11.9 Å². The van der Waals surface area contributed by atoms with E-state index in [0.29, 0.717) is 6.04 Å². The van der Waals surface area contributed by atoms with Crippen LogP contribution >= 0.6 is 0 Å². The van der Waals surface area contributed by atoms with E-state index < -0.39 is 0 Å². The Bertz CT molecular complexity index is 516. The van der Waals surface area contributed by atoms with E-state index in [1.807, 2.05) is 18.1 Å². The lowest BCUT2D eigenvalue weighted by atomic mass is 10.1. The van der Waals surface area contributed by atoms with Crippen LogP contribution in [-0.4, -0.2) is 34.3 Å².